The number of para-hydroxylation sites is 1. The van der Waals surface area contributed by atoms with Crippen molar-refractivity contribution in [3.05, 3.63) is 109 Å². The van der Waals surface area contributed by atoms with E-state index < -0.39 is 12.0 Å². The predicted molar refractivity (Wildman–Crippen MR) is 143 cm³/mol. The summed E-state index contributed by atoms with van der Waals surface area (Å²) in [5, 5.41) is 0. The molecule has 36 heavy (non-hydrogen) atoms. The van der Waals surface area contributed by atoms with E-state index in [1.807, 2.05) is 54.6 Å². The molecule has 7 heteroatoms. The summed E-state index contributed by atoms with van der Waals surface area (Å²) < 4.78 is 13.3. The molecule has 1 atom stereocenters. The highest BCUT2D eigenvalue weighted by Crippen LogP contribution is 2.31. The Labute approximate surface area is 214 Å². The zero-order valence-corrected chi connectivity index (χ0v) is 21.8. The smallest absolute Gasteiger partial charge is 0.338 e. The van der Waals surface area contributed by atoms with Crippen molar-refractivity contribution in [2.75, 3.05) is 13.2 Å². The van der Waals surface area contributed by atoms with Crippen LogP contribution in [-0.2, 0) is 9.53 Å². The van der Waals surface area contributed by atoms with E-state index in [0.29, 0.717) is 38.9 Å². The molecule has 6 nitrogen and oxygen atoms in total. The molecule has 4 rings (SSSR count). The third-order valence-corrected chi connectivity index (χ3v) is 6.98. The lowest BCUT2D eigenvalue weighted by molar-refractivity contribution is -0.139. The lowest BCUT2D eigenvalue weighted by Gasteiger charge is -2.25. The maximum Gasteiger partial charge on any atom is 0.338 e. The van der Waals surface area contributed by atoms with Gasteiger partial charge in [0.25, 0.3) is 5.56 Å². The van der Waals surface area contributed by atoms with Crippen molar-refractivity contribution in [1.82, 2.24) is 4.57 Å². The van der Waals surface area contributed by atoms with Crippen molar-refractivity contribution in [2.45, 2.75) is 39.7 Å². The minimum atomic E-state index is -0.629. The second kappa shape index (κ2) is 10.9. The van der Waals surface area contributed by atoms with Crippen molar-refractivity contribution < 1.29 is 14.3 Å². The van der Waals surface area contributed by atoms with Crippen molar-refractivity contribution in [2.24, 2.45) is 4.99 Å². The van der Waals surface area contributed by atoms with Gasteiger partial charge in [-0.15, -0.1) is 0 Å². The normalized spacial score (nSPS) is 15.5. The summed E-state index contributed by atoms with van der Waals surface area (Å²) in [5.41, 5.74) is 3.50. The number of rotatable bonds is 8. The average molecular weight is 503 g/mol. The minimum absolute atomic E-state index is 0.218. The highest BCUT2D eigenvalue weighted by Gasteiger charge is 2.33. The highest BCUT2D eigenvalue weighted by atomic mass is 32.1. The standard InChI is InChI=1S/C29H30N2O4S/c1-6-16-35-23-11-9-8-10-22(23)17-24-27(32)31-26(21-14-12-20(13-15-21)18(3)4)25(28(33)34-7-2)19(5)30-29(31)36-24/h6,8-15,17-18,26H,1,7,16H2,2-5H3. The van der Waals surface area contributed by atoms with Crippen LogP contribution in [0, 0.1) is 0 Å². The molecule has 2 heterocycles. The van der Waals surface area contributed by atoms with Crippen LogP contribution in [0.1, 0.15) is 56.3 Å². The van der Waals surface area contributed by atoms with E-state index in [9.17, 15) is 9.59 Å². The van der Waals surface area contributed by atoms with E-state index in [4.69, 9.17) is 9.47 Å². The van der Waals surface area contributed by atoms with Crippen LogP contribution in [0.5, 0.6) is 5.75 Å². The first-order valence-electron chi connectivity index (χ1n) is 12.0. The molecule has 186 valence electrons. The molecule has 0 N–H and O–H groups in total. The summed E-state index contributed by atoms with van der Waals surface area (Å²) in [6, 6.07) is 14.9. The number of ether oxygens (including phenoxy) is 2. The van der Waals surface area contributed by atoms with Crippen molar-refractivity contribution in [1.29, 1.82) is 0 Å². The number of aromatic nitrogens is 1. The zero-order chi connectivity index (χ0) is 25.8. The molecule has 1 unspecified atom stereocenters. The van der Waals surface area contributed by atoms with Gasteiger partial charge in [-0.2, -0.15) is 0 Å². The van der Waals surface area contributed by atoms with Gasteiger partial charge < -0.3 is 9.47 Å². The Morgan fingerprint density at radius 3 is 2.58 bits per heavy atom. The molecule has 1 aromatic heterocycles. The molecule has 2 aromatic carbocycles. The van der Waals surface area contributed by atoms with Crippen LogP contribution >= 0.6 is 11.3 Å². The third-order valence-electron chi connectivity index (χ3n) is 6.00. The number of hydrogen-bond acceptors (Lipinski definition) is 6. The number of allylic oxidation sites excluding steroid dienone is 1. The molecule has 0 fully saturated rings. The van der Waals surface area contributed by atoms with Crippen molar-refractivity contribution in [3.63, 3.8) is 0 Å². The van der Waals surface area contributed by atoms with Crippen molar-refractivity contribution >= 4 is 23.4 Å². The Morgan fingerprint density at radius 1 is 1.19 bits per heavy atom. The summed E-state index contributed by atoms with van der Waals surface area (Å²) in [6.45, 7) is 12.1. The number of thiazole rings is 1. The van der Waals surface area contributed by atoms with Crippen LogP contribution in [0.15, 0.2) is 82.2 Å². The molecular weight excluding hydrogens is 472 g/mol. The molecule has 1 aliphatic heterocycles. The van der Waals surface area contributed by atoms with E-state index in [2.05, 4.69) is 25.4 Å². The van der Waals surface area contributed by atoms with Gasteiger partial charge in [0.2, 0.25) is 0 Å². The SMILES string of the molecule is C=CCOc1ccccc1C=c1sc2n(c1=O)C(c1ccc(C(C)C)cc1)C(C(=O)OCC)=C(C)N=2. The molecule has 0 saturated heterocycles. The maximum atomic E-state index is 13.8. The largest absolute Gasteiger partial charge is 0.489 e. The Kier molecular flexibility index (Phi) is 7.70. The van der Waals surface area contributed by atoms with Crippen LogP contribution < -0.4 is 19.6 Å². The fraction of sp³-hybridized carbons (Fsp3) is 0.276. The quantitative estimate of drug-likeness (QED) is 0.336. The summed E-state index contributed by atoms with van der Waals surface area (Å²) >= 11 is 1.29. The van der Waals surface area contributed by atoms with Gasteiger partial charge in [-0.1, -0.05) is 80.3 Å². The van der Waals surface area contributed by atoms with Gasteiger partial charge >= 0.3 is 5.97 Å². The van der Waals surface area contributed by atoms with E-state index in [1.54, 1.807) is 24.5 Å². The molecule has 0 bridgehead atoms. The lowest BCUT2D eigenvalue weighted by atomic mass is 9.93. The predicted octanol–water partition coefficient (Wildman–Crippen LogP) is 4.49. The van der Waals surface area contributed by atoms with Gasteiger partial charge in [0.1, 0.15) is 12.4 Å². The Morgan fingerprint density at radius 2 is 1.92 bits per heavy atom. The number of hydrogen-bond donors (Lipinski definition) is 0. The Bertz CT molecular complexity index is 1490. The first-order valence-corrected chi connectivity index (χ1v) is 12.8. The fourth-order valence-corrected chi connectivity index (χ4v) is 5.23. The number of benzene rings is 2. The highest BCUT2D eigenvalue weighted by molar-refractivity contribution is 7.07. The fourth-order valence-electron chi connectivity index (χ4n) is 4.19. The van der Waals surface area contributed by atoms with Crippen LogP contribution in [0.25, 0.3) is 6.08 Å². The first-order chi connectivity index (χ1) is 17.3. The zero-order valence-electron chi connectivity index (χ0n) is 21.0. The molecule has 3 aromatic rings. The van der Waals surface area contributed by atoms with Gasteiger partial charge in [0, 0.05) is 5.56 Å². The second-order valence-corrected chi connectivity index (χ2v) is 9.77. The third kappa shape index (κ3) is 4.97. The number of fused-ring (bicyclic) bond motifs is 1. The molecule has 0 aliphatic carbocycles. The van der Waals surface area contributed by atoms with Gasteiger partial charge in [-0.3, -0.25) is 9.36 Å². The first kappa shape index (κ1) is 25.4. The molecule has 1 aliphatic rings. The number of nitrogens with zero attached hydrogens (tertiary/aromatic N) is 2. The number of esters is 1. The topological polar surface area (TPSA) is 69.9 Å². The van der Waals surface area contributed by atoms with Crippen LogP contribution in [0.2, 0.25) is 0 Å². The lowest BCUT2D eigenvalue weighted by Crippen LogP contribution is -2.39. The van der Waals surface area contributed by atoms with Gasteiger partial charge in [-0.05, 0) is 43.0 Å². The maximum absolute atomic E-state index is 13.8. The Hall–Kier alpha value is -3.71. The van der Waals surface area contributed by atoms with E-state index in [1.165, 1.54) is 16.9 Å². The summed E-state index contributed by atoms with van der Waals surface area (Å²) in [4.78, 5) is 32.0. The molecule has 0 radical (unpaired) electrons. The summed E-state index contributed by atoms with van der Waals surface area (Å²) in [5.74, 6) is 0.563. The number of carbonyl (C=O) groups excluding carboxylic acids is 1. The van der Waals surface area contributed by atoms with Crippen LogP contribution in [-0.4, -0.2) is 23.8 Å². The van der Waals surface area contributed by atoms with Gasteiger partial charge in [0.05, 0.1) is 28.5 Å². The second-order valence-electron chi connectivity index (χ2n) is 8.76. The molecular formula is C29H30N2O4S. The summed E-state index contributed by atoms with van der Waals surface area (Å²) in [7, 11) is 0. The molecule has 0 amide bonds. The minimum Gasteiger partial charge on any atom is -0.489 e. The Balaban J connectivity index is 1.91. The monoisotopic (exact) mass is 502 g/mol. The number of carbonyl (C=O) groups is 1. The van der Waals surface area contributed by atoms with E-state index in [-0.39, 0.29) is 12.2 Å². The van der Waals surface area contributed by atoms with E-state index in [0.717, 1.165) is 11.1 Å². The van der Waals surface area contributed by atoms with Crippen molar-refractivity contribution in [3.8, 4) is 5.75 Å². The van der Waals surface area contributed by atoms with Crippen LogP contribution in [0.3, 0.4) is 0 Å². The summed E-state index contributed by atoms with van der Waals surface area (Å²) in [6.07, 6.45) is 3.49. The van der Waals surface area contributed by atoms with E-state index >= 15 is 0 Å². The average Bonchev–Trinajstić information content (AvgIpc) is 3.17. The molecule has 0 saturated carbocycles. The molecule has 0 spiro atoms. The van der Waals surface area contributed by atoms with Gasteiger partial charge in [0.15, 0.2) is 4.80 Å². The van der Waals surface area contributed by atoms with Crippen LogP contribution in [0.4, 0.5) is 0 Å². The van der Waals surface area contributed by atoms with Gasteiger partial charge in [-0.25, -0.2) is 9.79 Å².